The largest absolute Gasteiger partial charge is 0.469 e. The third-order valence-electron chi connectivity index (χ3n) is 2.52. The summed E-state index contributed by atoms with van der Waals surface area (Å²) in [4.78, 5) is 21.1. The van der Waals surface area contributed by atoms with Gasteiger partial charge in [-0.2, -0.15) is 0 Å². The van der Waals surface area contributed by atoms with Crippen LogP contribution in [0.4, 0.5) is 5.69 Å². The number of halogens is 2. The molecule has 0 spiro atoms. The molecular formula is C12H16Cl2N2O4. The molecule has 8 heteroatoms. The van der Waals surface area contributed by atoms with Gasteiger partial charge < -0.3 is 10.1 Å². The molecule has 0 bridgehead atoms. The van der Waals surface area contributed by atoms with Gasteiger partial charge >= 0.3 is 5.97 Å². The number of hydrogen-bond donors (Lipinski definition) is 1. The molecule has 0 aliphatic heterocycles. The Kier molecular flexibility index (Phi) is 8.87. The molecule has 1 rings (SSSR count). The normalized spacial score (nSPS) is 9.70. The molecule has 0 aliphatic carbocycles. The predicted molar refractivity (Wildman–Crippen MR) is 78.3 cm³/mol. The number of nitrogens with zero attached hydrogens (tertiary/aromatic N) is 1. The zero-order valence-corrected chi connectivity index (χ0v) is 12.5. The molecule has 0 radical (unpaired) electrons. The standard InChI is InChI=1S/C12H15ClN2O4.ClH/c1-19-12(16)3-2-6-14-8-9-7-10(15(17)18)4-5-11(9)13;/h4-5,7,14H,2-3,6,8H2,1H3;1H. The summed E-state index contributed by atoms with van der Waals surface area (Å²) >= 11 is 5.95. The maximum Gasteiger partial charge on any atom is 0.305 e. The molecule has 6 nitrogen and oxygen atoms in total. The molecule has 0 fully saturated rings. The number of nitro groups is 1. The van der Waals surface area contributed by atoms with Gasteiger partial charge in [-0.15, -0.1) is 12.4 Å². The van der Waals surface area contributed by atoms with Crippen LogP contribution in [0.3, 0.4) is 0 Å². The minimum Gasteiger partial charge on any atom is -0.469 e. The molecule has 0 unspecified atom stereocenters. The van der Waals surface area contributed by atoms with Crippen molar-refractivity contribution in [3.05, 3.63) is 38.9 Å². The van der Waals surface area contributed by atoms with Gasteiger partial charge in [0.25, 0.3) is 5.69 Å². The van der Waals surface area contributed by atoms with E-state index in [4.69, 9.17) is 11.6 Å². The van der Waals surface area contributed by atoms with Crippen LogP contribution >= 0.6 is 24.0 Å². The van der Waals surface area contributed by atoms with Crippen LogP contribution in [0.25, 0.3) is 0 Å². The van der Waals surface area contributed by atoms with Gasteiger partial charge in [-0.1, -0.05) is 11.6 Å². The van der Waals surface area contributed by atoms with Crippen molar-refractivity contribution in [2.24, 2.45) is 0 Å². The minimum absolute atomic E-state index is 0. The monoisotopic (exact) mass is 322 g/mol. The van der Waals surface area contributed by atoms with Gasteiger partial charge in [0.15, 0.2) is 0 Å². The number of benzene rings is 1. The lowest BCUT2D eigenvalue weighted by atomic mass is 10.2. The van der Waals surface area contributed by atoms with Crippen molar-refractivity contribution in [1.29, 1.82) is 0 Å². The summed E-state index contributed by atoms with van der Waals surface area (Å²) in [7, 11) is 1.35. The van der Waals surface area contributed by atoms with Crippen molar-refractivity contribution in [3.63, 3.8) is 0 Å². The van der Waals surface area contributed by atoms with Gasteiger partial charge in [0.2, 0.25) is 0 Å². The Morgan fingerprint density at radius 1 is 1.50 bits per heavy atom. The van der Waals surface area contributed by atoms with Crippen LogP contribution in [0.5, 0.6) is 0 Å². The summed E-state index contributed by atoms with van der Waals surface area (Å²) in [6.07, 6.45) is 0.978. The molecule has 1 N–H and O–H groups in total. The molecule has 0 saturated carbocycles. The van der Waals surface area contributed by atoms with E-state index in [-0.39, 0.29) is 24.1 Å². The van der Waals surface area contributed by atoms with Gasteiger partial charge in [0.05, 0.1) is 12.0 Å². The predicted octanol–water partition coefficient (Wildman–Crippen LogP) is 2.71. The van der Waals surface area contributed by atoms with Crippen molar-refractivity contribution in [3.8, 4) is 0 Å². The average Bonchev–Trinajstić information content (AvgIpc) is 2.39. The topological polar surface area (TPSA) is 81.5 Å². The highest BCUT2D eigenvalue weighted by Crippen LogP contribution is 2.21. The van der Waals surface area contributed by atoms with Crippen LogP contribution in [0.1, 0.15) is 18.4 Å². The zero-order valence-electron chi connectivity index (χ0n) is 10.9. The third-order valence-corrected chi connectivity index (χ3v) is 2.89. The molecule has 112 valence electrons. The number of carbonyl (C=O) groups is 1. The molecule has 20 heavy (non-hydrogen) atoms. The minimum atomic E-state index is -0.461. The van der Waals surface area contributed by atoms with Crippen LogP contribution in [0.2, 0.25) is 5.02 Å². The fraction of sp³-hybridized carbons (Fsp3) is 0.417. The highest BCUT2D eigenvalue weighted by molar-refractivity contribution is 6.31. The van der Waals surface area contributed by atoms with E-state index in [1.165, 1.54) is 25.3 Å². The Balaban J connectivity index is 0.00000361. The van der Waals surface area contributed by atoms with Gasteiger partial charge in [0, 0.05) is 30.1 Å². The first-order valence-corrected chi connectivity index (χ1v) is 6.12. The second-order valence-electron chi connectivity index (χ2n) is 3.89. The van der Waals surface area contributed by atoms with E-state index >= 15 is 0 Å². The van der Waals surface area contributed by atoms with Crippen molar-refractivity contribution in [2.45, 2.75) is 19.4 Å². The number of methoxy groups -OCH3 is 1. The van der Waals surface area contributed by atoms with E-state index in [0.717, 1.165) is 0 Å². The number of rotatable bonds is 7. The number of hydrogen-bond acceptors (Lipinski definition) is 5. The molecule has 0 aliphatic rings. The number of esters is 1. The van der Waals surface area contributed by atoms with Crippen LogP contribution in [0, 0.1) is 10.1 Å². The van der Waals surface area contributed by atoms with Gasteiger partial charge in [-0.25, -0.2) is 0 Å². The van der Waals surface area contributed by atoms with Crippen molar-refractivity contribution in [2.75, 3.05) is 13.7 Å². The molecule has 0 aromatic heterocycles. The molecule has 0 atom stereocenters. The summed E-state index contributed by atoms with van der Waals surface area (Å²) in [5.74, 6) is -0.254. The van der Waals surface area contributed by atoms with Crippen LogP contribution < -0.4 is 5.32 Å². The number of carbonyl (C=O) groups excluding carboxylic acids is 1. The molecule has 0 amide bonds. The van der Waals surface area contributed by atoms with Crippen LogP contribution in [0.15, 0.2) is 18.2 Å². The Bertz CT molecular complexity index is 469. The van der Waals surface area contributed by atoms with E-state index < -0.39 is 4.92 Å². The fourth-order valence-electron chi connectivity index (χ4n) is 1.49. The number of ether oxygens (including phenoxy) is 1. The van der Waals surface area contributed by atoms with E-state index in [1.807, 2.05) is 0 Å². The van der Waals surface area contributed by atoms with E-state index in [9.17, 15) is 14.9 Å². The Labute approximate surface area is 128 Å². The first-order valence-electron chi connectivity index (χ1n) is 5.75. The van der Waals surface area contributed by atoms with Gasteiger partial charge in [0.1, 0.15) is 0 Å². The molecule has 0 heterocycles. The lowest BCUT2D eigenvalue weighted by Crippen LogP contribution is -2.16. The summed E-state index contributed by atoms with van der Waals surface area (Å²) in [5, 5.41) is 14.2. The summed E-state index contributed by atoms with van der Waals surface area (Å²) in [6, 6.07) is 4.31. The first-order chi connectivity index (χ1) is 9.04. The second kappa shape index (κ2) is 9.52. The van der Waals surface area contributed by atoms with Gasteiger partial charge in [-0.05, 0) is 24.6 Å². The molecule has 1 aromatic rings. The summed E-state index contributed by atoms with van der Waals surface area (Å²) in [5.41, 5.74) is 0.671. The average molecular weight is 323 g/mol. The highest BCUT2D eigenvalue weighted by atomic mass is 35.5. The van der Waals surface area contributed by atoms with E-state index in [2.05, 4.69) is 10.1 Å². The smallest absolute Gasteiger partial charge is 0.305 e. The van der Waals surface area contributed by atoms with Crippen molar-refractivity contribution >= 4 is 35.7 Å². The number of nitrogens with one attached hydrogen (secondary N) is 1. The lowest BCUT2D eigenvalue weighted by molar-refractivity contribution is -0.384. The maximum absolute atomic E-state index is 10.9. The number of nitro benzene ring substituents is 1. The summed E-state index contributed by atoms with van der Waals surface area (Å²) < 4.78 is 4.51. The first kappa shape index (κ1) is 18.6. The number of non-ortho nitro benzene ring substituents is 1. The third kappa shape index (κ3) is 6.18. The van der Waals surface area contributed by atoms with Crippen LogP contribution in [-0.4, -0.2) is 24.5 Å². The second-order valence-corrected chi connectivity index (χ2v) is 4.30. The highest BCUT2D eigenvalue weighted by Gasteiger charge is 2.09. The zero-order chi connectivity index (χ0) is 14.3. The summed E-state index contributed by atoms with van der Waals surface area (Å²) in [6.45, 7) is 1.02. The molecule has 0 saturated heterocycles. The van der Waals surface area contributed by atoms with E-state index in [0.29, 0.717) is 36.5 Å². The Morgan fingerprint density at radius 3 is 2.80 bits per heavy atom. The van der Waals surface area contributed by atoms with Crippen molar-refractivity contribution < 1.29 is 14.5 Å². The quantitative estimate of drug-likeness (QED) is 0.361. The Morgan fingerprint density at radius 2 is 2.20 bits per heavy atom. The maximum atomic E-state index is 10.9. The van der Waals surface area contributed by atoms with Crippen molar-refractivity contribution in [1.82, 2.24) is 5.32 Å². The molecule has 1 aromatic carbocycles. The molecular weight excluding hydrogens is 307 g/mol. The Hall–Kier alpha value is -1.37. The van der Waals surface area contributed by atoms with E-state index in [1.54, 1.807) is 0 Å². The van der Waals surface area contributed by atoms with Crippen LogP contribution in [-0.2, 0) is 16.1 Å². The lowest BCUT2D eigenvalue weighted by Gasteiger charge is -2.06. The SMILES string of the molecule is COC(=O)CCCNCc1cc([N+](=O)[O-])ccc1Cl.Cl. The fourth-order valence-corrected chi connectivity index (χ4v) is 1.68. The van der Waals surface area contributed by atoms with Gasteiger partial charge in [-0.3, -0.25) is 14.9 Å².